The average molecular weight is 306 g/mol. The van der Waals surface area contributed by atoms with Gasteiger partial charge in [-0.2, -0.15) is 0 Å². The van der Waals surface area contributed by atoms with E-state index in [9.17, 15) is 9.59 Å². The zero-order valence-corrected chi connectivity index (χ0v) is 13.1. The number of esters is 1. The highest BCUT2D eigenvalue weighted by Crippen LogP contribution is 2.43. The molecule has 6 heteroatoms. The van der Waals surface area contributed by atoms with E-state index in [0.29, 0.717) is 0 Å². The van der Waals surface area contributed by atoms with Crippen LogP contribution in [0.1, 0.15) is 24.8 Å². The Morgan fingerprint density at radius 2 is 2.18 bits per heavy atom. The van der Waals surface area contributed by atoms with Crippen molar-refractivity contribution < 1.29 is 18.7 Å². The second kappa shape index (κ2) is 5.76. The van der Waals surface area contributed by atoms with Crippen molar-refractivity contribution >= 4 is 11.9 Å². The SMILES string of the molecule is COC(=O)C1CC(=O)N(C)C12CCN(Cc1ccoc1)CC2. The maximum atomic E-state index is 12.1. The van der Waals surface area contributed by atoms with E-state index < -0.39 is 0 Å². The van der Waals surface area contributed by atoms with Crippen LogP contribution in [0.3, 0.4) is 0 Å². The number of carbonyl (C=O) groups is 2. The molecule has 1 aromatic heterocycles. The molecule has 1 unspecified atom stereocenters. The third-order valence-electron chi connectivity index (χ3n) is 5.26. The van der Waals surface area contributed by atoms with Crippen molar-refractivity contribution in [1.82, 2.24) is 9.80 Å². The second-order valence-corrected chi connectivity index (χ2v) is 6.24. The summed E-state index contributed by atoms with van der Waals surface area (Å²) in [6.07, 6.45) is 5.30. The van der Waals surface area contributed by atoms with Gasteiger partial charge < -0.3 is 14.1 Å². The summed E-state index contributed by atoms with van der Waals surface area (Å²) in [5.74, 6) is -0.564. The normalized spacial score (nSPS) is 24.9. The third kappa shape index (κ3) is 2.41. The number of likely N-dealkylation sites (tertiary alicyclic amines) is 2. The Bertz CT molecular complexity index is 547. The van der Waals surface area contributed by atoms with Crippen LogP contribution >= 0.6 is 0 Å². The molecule has 1 atom stereocenters. The molecule has 2 fully saturated rings. The number of amides is 1. The molecule has 0 aliphatic carbocycles. The lowest BCUT2D eigenvalue weighted by molar-refractivity contribution is -0.149. The number of rotatable bonds is 3. The van der Waals surface area contributed by atoms with E-state index >= 15 is 0 Å². The van der Waals surface area contributed by atoms with Gasteiger partial charge in [-0.05, 0) is 18.9 Å². The monoisotopic (exact) mass is 306 g/mol. The minimum atomic E-state index is -0.378. The van der Waals surface area contributed by atoms with Crippen molar-refractivity contribution in [3.8, 4) is 0 Å². The van der Waals surface area contributed by atoms with E-state index in [0.717, 1.165) is 38.0 Å². The molecular formula is C16H22N2O4. The molecule has 3 heterocycles. The van der Waals surface area contributed by atoms with Gasteiger partial charge in [0.25, 0.3) is 0 Å². The standard InChI is InChI=1S/C16H22N2O4/c1-17-14(19)9-13(15(20)21-2)16(17)4-6-18(7-5-16)10-12-3-8-22-11-12/h3,8,11,13H,4-7,9-10H2,1-2H3. The number of ether oxygens (including phenoxy) is 1. The second-order valence-electron chi connectivity index (χ2n) is 6.24. The summed E-state index contributed by atoms with van der Waals surface area (Å²) < 4.78 is 10.0. The fraction of sp³-hybridized carbons (Fsp3) is 0.625. The molecule has 2 saturated heterocycles. The number of carbonyl (C=O) groups excluding carboxylic acids is 2. The number of nitrogens with zero attached hydrogens (tertiary/aromatic N) is 2. The summed E-state index contributed by atoms with van der Waals surface area (Å²) in [4.78, 5) is 28.3. The van der Waals surface area contributed by atoms with Gasteiger partial charge in [0.2, 0.25) is 5.91 Å². The molecule has 120 valence electrons. The van der Waals surface area contributed by atoms with Crippen molar-refractivity contribution in [1.29, 1.82) is 0 Å². The molecule has 0 N–H and O–H groups in total. The summed E-state index contributed by atoms with van der Waals surface area (Å²) in [6.45, 7) is 2.56. The smallest absolute Gasteiger partial charge is 0.311 e. The summed E-state index contributed by atoms with van der Waals surface area (Å²) in [5.41, 5.74) is 0.771. The van der Waals surface area contributed by atoms with Gasteiger partial charge in [-0.3, -0.25) is 14.5 Å². The Balaban J connectivity index is 1.71. The first-order valence-corrected chi connectivity index (χ1v) is 7.65. The van der Waals surface area contributed by atoms with Crippen molar-refractivity contribution in [3.63, 3.8) is 0 Å². The fourth-order valence-corrected chi connectivity index (χ4v) is 3.85. The maximum absolute atomic E-state index is 12.1. The number of methoxy groups -OCH3 is 1. The van der Waals surface area contributed by atoms with E-state index in [1.54, 1.807) is 17.4 Å². The average Bonchev–Trinajstić information content (AvgIpc) is 3.12. The van der Waals surface area contributed by atoms with Crippen LogP contribution in [0.2, 0.25) is 0 Å². The van der Waals surface area contributed by atoms with Crippen molar-refractivity contribution in [2.24, 2.45) is 5.92 Å². The van der Waals surface area contributed by atoms with E-state index in [2.05, 4.69) is 4.90 Å². The van der Waals surface area contributed by atoms with E-state index in [1.165, 1.54) is 7.11 Å². The van der Waals surface area contributed by atoms with Gasteiger partial charge in [-0.1, -0.05) is 0 Å². The van der Waals surface area contributed by atoms with Gasteiger partial charge in [0.15, 0.2) is 0 Å². The molecular weight excluding hydrogens is 284 g/mol. The number of piperidine rings is 1. The molecule has 22 heavy (non-hydrogen) atoms. The number of hydrogen-bond donors (Lipinski definition) is 0. The highest BCUT2D eigenvalue weighted by Gasteiger charge is 2.55. The van der Waals surface area contributed by atoms with Gasteiger partial charge in [0.1, 0.15) is 0 Å². The third-order valence-corrected chi connectivity index (χ3v) is 5.26. The fourth-order valence-electron chi connectivity index (χ4n) is 3.85. The first-order chi connectivity index (χ1) is 10.6. The van der Waals surface area contributed by atoms with Crippen LogP contribution in [-0.2, 0) is 20.9 Å². The highest BCUT2D eigenvalue weighted by molar-refractivity contribution is 5.88. The quantitative estimate of drug-likeness (QED) is 0.787. The zero-order chi connectivity index (χ0) is 15.7. The van der Waals surface area contributed by atoms with Gasteiger partial charge in [0, 0.05) is 38.7 Å². The lowest BCUT2D eigenvalue weighted by atomic mass is 9.77. The molecule has 0 aromatic carbocycles. The Labute approximate surface area is 130 Å². The van der Waals surface area contributed by atoms with Crippen LogP contribution in [0.25, 0.3) is 0 Å². The lowest BCUT2D eigenvalue weighted by Crippen LogP contribution is -2.56. The predicted octanol–water partition coefficient (Wildman–Crippen LogP) is 1.27. The van der Waals surface area contributed by atoms with Crippen LogP contribution in [0.15, 0.2) is 23.0 Å². The zero-order valence-electron chi connectivity index (χ0n) is 13.1. The molecule has 0 bridgehead atoms. The molecule has 1 amide bonds. The van der Waals surface area contributed by atoms with E-state index in [1.807, 2.05) is 13.1 Å². The Kier molecular flexibility index (Phi) is 3.95. The van der Waals surface area contributed by atoms with Crippen LogP contribution in [-0.4, -0.2) is 54.5 Å². The molecule has 6 nitrogen and oxygen atoms in total. The molecule has 3 rings (SSSR count). The summed E-state index contributed by atoms with van der Waals surface area (Å²) >= 11 is 0. The minimum Gasteiger partial charge on any atom is -0.472 e. The topological polar surface area (TPSA) is 63.0 Å². The van der Waals surface area contributed by atoms with Crippen LogP contribution in [0.4, 0.5) is 0 Å². The van der Waals surface area contributed by atoms with Gasteiger partial charge in [-0.15, -0.1) is 0 Å². The summed E-state index contributed by atoms with van der Waals surface area (Å²) in [7, 11) is 3.21. The van der Waals surface area contributed by atoms with Gasteiger partial charge in [0.05, 0.1) is 31.1 Å². The Morgan fingerprint density at radius 1 is 1.45 bits per heavy atom. The summed E-state index contributed by atoms with van der Waals surface area (Å²) in [5, 5.41) is 0. The Morgan fingerprint density at radius 3 is 2.77 bits per heavy atom. The van der Waals surface area contributed by atoms with Gasteiger partial charge in [-0.25, -0.2) is 0 Å². The van der Waals surface area contributed by atoms with Crippen LogP contribution in [0, 0.1) is 5.92 Å². The Hall–Kier alpha value is -1.82. The van der Waals surface area contributed by atoms with Crippen molar-refractivity contribution in [2.75, 3.05) is 27.2 Å². The van der Waals surface area contributed by atoms with E-state index in [-0.39, 0.29) is 29.8 Å². The summed E-state index contributed by atoms with van der Waals surface area (Å²) in [6, 6.07) is 1.97. The van der Waals surface area contributed by atoms with Crippen molar-refractivity contribution in [3.05, 3.63) is 24.2 Å². The molecule has 0 saturated carbocycles. The molecule has 2 aliphatic rings. The largest absolute Gasteiger partial charge is 0.472 e. The van der Waals surface area contributed by atoms with Gasteiger partial charge >= 0.3 is 5.97 Å². The molecule has 1 aromatic rings. The molecule has 2 aliphatic heterocycles. The van der Waals surface area contributed by atoms with Crippen LogP contribution < -0.4 is 0 Å². The first kappa shape index (κ1) is 15.1. The van der Waals surface area contributed by atoms with Crippen LogP contribution in [0.5, 0.6) is 0 Å². The molecule has 1 spiro atoms. The lowest BCUT2D eigenvalue weighted by Gasteiger charge is -2.45. The minimum absolute atomic E-state index is 0.0404. The molecule has 0 radical (unpaired) electrons. The first-order valence-electron chi connectivity index (χ1n) is 7.65. The maximum Gasteiger partial charge on any atom is 0.311 e. The van der Waals surface area contributed by atoms with Crippen molar-refractivity contribution in [2.45, 2.75) is 31.3 Å². The van der Waals surface area contributed by atoms with E-state index in [4.69, 9.17) is 9.15 Å². The number of furan rings is 1. The number of hydrogen-bond acceptors (Lipinski definition) is 5. The predicted molar refractivity (Wildman–Crippen MR) is 78.8 cm³/mol. The highest BCUT2D eigenvalue weighted by atomic mass is 16.5.